The second-order valence-corrected chi connectivity index (χ2v) is 10.4. The minimum Gasteiger partial charge on any atom is -0.0622 e. The lowest BCUT2D eigenvalue weighted by atomic mass is 9.84. The zero-order valence-electron chi connectivity index (χ0n) is 29.6. The van der Waals surface area contributed by atoms with Crippen LogP contribution in [0.2, 0.25) is 0 Å². The van der Waals surface area contributed by atoms with E-state index >= 15 is 0 Å². The molecule has 0 saturated carbocycles. The summed E-state index contributed by atoms with van der Waals surface area (Å²) in [5.41, 5.74) is 5.06. The maximum Gasteiger partial charge on any atom is 0.0636 e. The minimum atomic E-state index is -0.381. The van der Waals surface area contributed by atoms with Gasteiger partial charge in [-0.3, -0.25) is 0 Å². The highest BCUT2D eigenvalue weighted by Gasteiger charge is 2.18. The van der Waals surface area contributed by atoms with Gasteiger partial charge in [0, 0.05) is 0 Å². The van der Waals surface area contributed by atoms with Gasteiger partial charge in [0.15, 0.2) is 0 Å². The number of benzene rings is 8. The Morgan fingerprint density at radius 3 is 1.52 bits per heavy atom. The van der Waals surface area contributed by atoms with Crippen LogP contribution in [0.5, 0.6) is 0 Å². The standard InChI is InChI=1S/C42H28/c1-3-11-29(12-4-1)32-19-22-33(23-20-32)41-37-17-9-10-18-38(37)42(36-24-21-31-15-7-8-16-34(31)27-36)40-28-35(25-26-39(40)41)30-13-5-2-6-14-30/h1-28H/i9D,10D,17D,18D,25D,26D,28D. The molecule has 8 rings (SSSR count). The molecule has 0 bridgehead atoms. The topological polar surface area (TPSA) is 0 Å². The van der Waals surface area contributed by atoms with Crippen molar-refractivity contribution in [2.24, 2.45) is 0 Å². The largest absolute Gasteiger partial charge is 0.0636 e. The van der Waals surface area contributed by atoms with Crippen LogP contribution in [-0.2, 0) is 0 Å². The lowest BCUT2D eigenvalue weighted by Gasteiger charge is -2.19. The van der Waals surface area contributed by atoms with Gasteiger partial charge in [-0.05, 0) is 88.9 Å². The Balaban J connectivity index is 1.61. The van der Waals surface area contributed by atoms with Crippen molar-refractivity contribution in [3.63, 3.8) is 0 Å². The van der Waals surface area contributed by atoms with Crippen molar-refractivity contribution in [3.8, 4) is 44.5 Å². The molecule has 0 atom stereocenters. The summed E-state index contributed by atoms with van der Waals surface area (Å²) in [6.45, 7) is 0. The van der Waals surface area contributed by atoms with Gasteiger partial charge in [0.05, 0.1) is 9.60 Å². The Kier molecular flexibility index (Phi) is 4.38. The fraction of sp³-hybridized carbons (Fsp3) is 0. The molecule has 0 saturated heterocycles. The first-order chi connectivity index (χ1) is 23.8. The Labute approximate surface area is 256 Å². The minimum absolute atomic E-state index is 0.0295. The van der Waals surface area contributed by atoms with Crippen molar-refractivity contribution in [2.45, 2.75) is 0 Å². The fourth-order valence-electron chi connectivity index (χ4n) is 5.85. The number of hydrogen-bond donors (Lipinski definition) is 0. The van der Waals surface area contributed by atoms with Crippen LogP contribution < -0.4 is 0 Å². The van der Waals surface area contributed by atoms with Gasteiger partial charge in [-0.1, -0.05) is 158 Å². The summed E-state index contributed by atoms with van der Waals surface area (Å²) in [5, 5.41) is 3.15. The quantitative estimate of drug-likeness (QED) is 0.195. The molecule has 0 heteroatoms. The van der Waals surface area contributed by atoms with Gasteiger partial charge in [-0.15, -0.1) is 0 Å². The van der Waals surface area contributed by atoms with Crippen LogP contribution in [0.1, 0.15) is 9.60 Å². The Hall–Kier alpha value is -5.46. The van der Waals surface area contributed by atoms with Crippen molar-refractivity contribution in [2.75, 3.05) is 0 Å². The predicted molar refractivity (Wildman–Crippen MR) is 181 cm³/mol. The number of rotatable bonds is 4. The lowest BCUT2D eigenvalue weighted by Crippen LogP contribution is -1.92. The smallest absolute Gasteiger partial charge is 0.0622 e. The molecular weight excluding hydrogens is 504 g/mol. The maximum atomic E-state index is 9.77. The molecule has 0 nitrogen and oxygen atoms in total. The highest BCUT2D eigenvalue weighted by atomic mass is 14.2. The molecule has 0 radical (unpaired) electrons. The number of fused-ring (bicyclic) bond motifs is 3. The first kappa shape index (κ1) is 18.1. The van der Waals surface area contributed by atoms with E-state index in [2.05, 4.69) is 0 Å². The van der Waals surface area contributed by atoms with E-state index in [0.29, 0.717) is 44.2 Å². The monoisotopic (exact) mass is 539 g/mol. The average molecular weight is 540 g/mol. The lowest BCUT2D eigenvalue weighted by molar-refractivity contribution is 1.61. The third-order valence-electron chi connectivity index (χ3n) is 7.88. The molecular formula is C42H28. The third-order valence-corrected chi connectivity index (χ3v) is 7.88. The maximum absolute atomic E-state index is 9.77. The van der Waals surface area contributed by atoms with Gasteiger partial charge in [0.2, 0.25) is 0 Å². The summed E-state index contributed by atoms with van der Waals surface area (Å²) < 4.78 is 64.7. The highest BCUT2D eigenvalue weighted by Crippen LogP contribution is 2.45. The van der Waals surface area contributed by atoms with Gasteiger partial charge in [0.1, 0.15) is 0 Å². The van der Waals surface area contributed by atoms with Gasteiger partial charge in [0.25, 0.3) is 0 Å². The van der Waals surface area contributed by atoms with E-state index in [1.807, 2.05) is 127 Å². The van der Waals surface area contributed by atoms with Crippen molar-refractivity contribution in [1.82, 2.24) is 0 Å². The molecule has 8 aromatic carbocycles. The SMILES string of the molecule is [2H]c1c([2H])c([2H])c2c(-c3ccc4ccccc4c3)c3c([2H])c(-c4ccccc4)c([2H])c([2H])c3c(-c3ccc(-c4ccccc4)cc3)c2c1[2H]. The molecule has 0 aliphatic rings. The summed E-state index contributed by atoms with van der Waals surface area (Å²) in [6.07, 6.45) is 0. The molecule has 0 aromatic heterocycles. The van der Waals surface area contributed by atoms with Crippen LogP contribution in [0, 0.1) is 0 Å². The highest BCUT2D eigenvalue weighted by molar-refractivity contribution is 6.22. The Bertz CT molecular complexity index is 2600. The summed E-state index contributed by atoms with van der Waals surface area (Å²) in [7, 11) is 0. The Morgan fingerprint density at radius 2 is 0.833 bits per heavy atom. The summed E-state index contributed by atoms with van der Waals surface area (Å²) >= 11 is 0. The van der Waals surface area contributed by atoms with Crippen LogP contribution in [0.15, 0.2) is 170 Å². The molecule has 0 heterocycles. The van der Waals surface area contributed by atoms with Gasteiger partial charge >= 0.3 is 0 Å². The van der Waals surface area contributed by atoms with E-state index in [0.717, 1.165) is 21.9 Å². The van der Waals surface area contributed by atoms with E-state index in [-0.39, 0.29) is 53.1 Å². The fourth-order valence-corrected chi connectivity index (χ4v) is 5.85. The van der Waals surface area contributed by atoms with Gasteiger partial charge in [-0.2, -0.15) is 0 Å². The predicted octanol–water partition coefficient (Wildman–Crippen LogP) is 11.8. The van der Waals surface area contributed by atoms with Crippen LogP contribution in [-0.4, -0.2) is 0 Å². The zero-order valence-corrected chi connectivity index (χ0v) is 22.6. The average Bonchev–Trinajstić information content (AvgIpc) is 3.15. The van der Waals surface area contributed by atoms with Crippen LogP contribution in [0.4, 0.5) is 0 Å². The van der Waals surface area contributed by atoms with Crippen molar-refractivity contribution in [3.05, 3.63) is 170 Å². The van der Waals surface area contributed by atoms with E-state index in [1.54, 1.807) is 0 Å². The van der Waals surface area contributed by atoms with Crippen molar-refractivity contribution in [1.29, 1.82) is 0 Å². The molecule has 0 fully saturated rings. The molecule has 0 unspecified atom stereocenters. The van der Waals surface area contributed by atoms with Crippen LogP contribution in [0.25, 0.3) is 76.8 Å². The van der Waals surface area contributed by atoms with E-state index < -0.39 is 0 Å². The summed E-state index contributed by atoms with van der Waals surface area (Å²) in [4.78, 5) is 0. The first-order valence-corrected chi connectivity index (χ1v) is 14.0. The second-order valence-electron chi connectivity index (χ2n) is 10.4. The van der Waals surface area contributed by atoms with E-state index in [1.165, 1.54) is 0 Å². The van der Waals surface area contributed by atoms with Gasteiger partial charge in [-0.25, -0.2) is 0 Å². The molecule has 8 aromatic rings. The molecule has 196 valence electrons. The summed E-state index contributed by atoms with van der Waals surface area (Å²) in [5.74, 6) is 0. The summed E-state index contributed by atoms with van der Waals surface area (Å²) in [6, 6.07) is 39.1. The van der Waals surface area contributed by atoms with Crippen molar-refractivity contribution >= 4 is 32.3 Å². The third kappa shape index (κ3) is 4.17. The molecule has 0 N–H and O–H groups in total. The molecule has 0 amide bonds. The van der Waals surface area contributed by atoms with E-state index in [9.17, 15) is 6.85 Å². The molecule has 0 spiro atoms. The van der Waals surface area contributed by atoms with Crippen LogP contribution >= 0.6 is 0 Å². The van der Waals surface area contributed by atoms with Crippen molar-refractivity contribution < 1.29 is 9.60 Å². The Morgan fingerprint density at radius 1 is 0.333 bits per heavy atom. The normalized spacial score (nSPS) is 13.7. The zero-order chi connectivity index (χ0) is 34.0. The first-order valence-electron chi connectivity index (χ1n) is 17.5. The second kappa shape index (κ2) is 10.2. The van der Waals surface area contributed by atoms with Gasteiger partial charge < -0.3 is 0 Å². The molecule has 0 aliphatic heterocycles. The van der Waals surface area contributed by atoms with Crippen LogP contribution in [0.3, 0.4) is 0 Å². The van der Waals surface area contributed by atoms with E-state index in [4.69, 9.17) is 2.74 Å². The molecule has 42 heavy (non-hydrogen) atoms. The number of hydrogen-bond acceptors (Lipinski definition) is 0. The molecule has 0 aliphatic carbocycles.